The predicted octanol–water partition coefficient (Wildman–Crippen LogP) is 1.52. The lowest BCUT2D eigenvalue weighted by Gasteiger charge is -2.42. The van der Waals surface area contributed by atoms with Crippen LogP contribution in [0.1, 0.15) is 22.1 Å². The predicted molar refractivity (Wildman–Crippen MR) is 95.6 cm³/mol. The van der Waals surface area contributed by atoms with Gasteiger partial charge in [-0.25, -0.2) is 0 Å². The SMILES string of the molecule is CN(C)C[C@@H]1OCCN(C(=O)c2cccc(=O)[nH]2)[C@H]1c1ccccc1. The van der Waals surface area contributed by atoms with Gasteiger partial charge in [-0.05, 0) is 25.7 Å². The first kappa shape index (κ1) is 17.4. The number of nitrogens with one attached hydrogen (secondary N) is 1. The van der Waals surface area contributed by atoms with Crippen LogP contribution in [0.3, 0.4) is 0 Å². The number of amides is 1. The number of aromatic nitrogens is 1. The first-order valence-corrected chi connectivity index (χ1v) is 8.38. The molecule has 0 unspecified atom stereocenters. The zero-order chi connectivity index (χ0) is 17.8. The Bertz CT molecular complexity index is 773. The molecule has 1 aromatic carbocycles. The Hall–Kier alpha value is -2.44. The van der Waals surface area contributed by atoms with Crippen molar-refractivity contribution in [1.82, 2.24) is 14.8 Å². The number of carbonyl (C=O) groups excluding carboxylic acids is 1. The van der Waals surface area contributed by atoms with Crippen molar-refractivity contribution in [3.63, 3.8) is 0 Å². The number of pyridine rings is 1. The highest BCUT2D eigenvalue weighted by atomic mass is 16.5. The number of nitrogens with zero attached hydrogens (tertiary/aromatic N) is 2. The fourth-order valence-electron chi connectivity index (χ4n) is 3.25. The molecule has 2 aromatic rings. The van der Waals surface area contributed by atoms with E-state index in [9.17, 15) is 9.59 Å². The molecule has 1 amide bonds. The maximum absolute atomic E-state index is 13.1. The molecule has 1 aromatic heterocycles. The molecule has 6 heteroatoms. The van der Waals surface area contributed by atoms with E-state index in [-0.39, 0.29) is 23.6 Å². The first-order valence-electron chi connectivity index (χ1n) is 8.38. The van der Waals surface area contributed by atoms with Crippen LogP contribution in [0.5, 0.6) is 0 Å². The Morgan fingerprint density at radius 2 is 1.96 bits per heavy atom. The molecule has 0 radical (unpaired) electrons. The van der Waals surface area contributed by atoms with Gasteiger partial charge >= 0.3 is 0 Å². The number of ether oxygens (including phenoxy) is 1. The largest absolute Gasteiger partial charge is 0.373 e. The van der Waals surface area contributed by atoms with Gasteiger partial charge in [-0.3, -0.25) is 9.59 Å². The number of aromatic amines is 1. The third-order valence-electron chi connectivity index (χ3n) is 4.30. The lowest BCUT2D eigenvalue weighted by atomic mass is 9.97. The van der Waals surface area contributed by atoms with Gasteiger partial charge in [0.05, 0.1) is 18.8 Å². The second-order valence-electron chi connectivity index (χ2n) is 6.45. The molecule has 2 heterocycles. The van der Waals surface area contributed by atoms with Crippen LogP contribution in [0.25, 0.3) is 0 Å². The smallest absolute Gasteiger partial charge is 0.271 e. The van der Waals surface area contributed by atoms with E-state index in [1.807, 2.05) is 44.4 Å². The normalized spacial score (nSPS) is 20.7. The van der Waals surface area contributed by atoms with Gasteiger partial charge in [0.1, 0.15) is 5.69 Å². The van der Waals surface area contributed by atoms with E-state index in [1.165, 1.54) is 6.07 Å². The van der Waals surface area contributed by atoms with Crippen LogP contribution >= 0.6 is 0 Å². The minimum absolute atomic E-state index is 0.134. The summed E-state index contributed by atoms with van der Waals surface area (Å²) < 4.78 is 5.99. The van der Waals surface area contributed by atoms with Crippen LogP contribution in [0.4, 0.5) is 0 Å². The zero-order valence-electron chi connectivity index (χ0n) is 14.5. The van der Waals surface area contributed by atoms with Crippen LogP contribution in [0, 0.1) is 0 Å². The Kier molecular flexibility index (Phi) is 5.31. The highest BCUT2D eigenvalue weighted by Gasteiger charge is 2.37. The second kappa shape index (κ2) is 7.63. The van der Waals surface area contributed by atoms with Crippen molar-refractivity contribution in [1.29, 1.82) is 0 Å². The number of hydrogen-bond donors (Lipinski definition) is 1. The van der Waals surface area contributed by atoms with Gasteiger partial charge < -0.3 is 19.5 Å². The van der Waals surface area contributed by atoms with Gasteiger partial charge in [0, 0.05) is 19.2 Å². The number of morpholine rings is 1. The number of likely N-dealkylation sites (N-methyl/N-ethyl adjacent to an activating group) is 1. The van der Waals surface area contributed by atoms with Gasteiger partial charge in [0.2, 0.25) is 5.56 Å². The Morgan fingerprint density at radius 3 is 2.64 bits per heavy atom. The summed E-state index contributed by atoms with van der Waals surface area (Å²) >= 11 is 0. The third kappa shape index (κ3) is 3.97. The number of rotatable bonds is 4. The molecule has 0 spiro atoms. The summed E-state index contributed by atoms with van der Waals surface area (Å²) in [6.07, 6.45) is -0.134. The fraction of sp³-hybridized carbons (Fsp3) is 0.368. The van der Waals surface area contributed by atoms with E-state index in [4.69, 9.17) is 4.74 Å². The lowest BCUT2D eigenvalue weighted by Crippen LogP contribution is -2.51. The van der Waals surface area contributed by atoms with Crippen LogP contribution in [0.2, 0.25) is 0 Å². The molecule has 0 aliphatic carbocycles. The van der Waals surface area contributed by atoms with E-state index in [0.29, 0.717) is 25.4 Å². The number of carbonyl (C=O) groups is 1. The van der Waals surface area contributed by atoms with Crippen LogP contribution in [-0.4, -0.2) is 60.6 Å². The van der Waals surface area contributed by atoms with E-state index < -0.39 is 0 Å². The molecule has 1 aliphatic heterocycles. The lowest BCUT2D eigenvalue weighted by molar-refractivity contribution is -0.0686. The Morgan fingerprint density at radius 1 is 1.20 bits per heavy atom. The second-order valence-corrected chi connectivity index (χ2v) is 6.45. The minimum Gasteiger partial charge on any atom is -0.373 e. The fourth-order valence-corrected chi connectivity index (χ4v) is 3.25. The molecule has 0 saturated carbocycles. The summed E-state index contributed by atoms with van der Waals surface area (Å²) in [6.45, 7) is 1.67. The minimum atomic E-state index is -0.278. The summed E-state index contributed by atoms with van der Waals surface area (Å²) in [7, 11) is 3.97. The van der Waals surface area contributed by atoms with Crippen molar-refractivity contribution in [2.75, 3.05) is 33.8 Å². The monoisotopic (exact) mass is 341 g/mol. The highest BCUT2D eigenvalue weighted by Crippen LogP contribution is 2.31. The molecule has 25 heavy (non-hydrogen) atoms. The quantitative estimate of drug-likeness (QED) is 0.916. The van der Waals surface area contributed by atoms with Crippen molar-refractivity contribution < 1.29 is 9.53 Å². The van der Waals surface area contributed by atoms with E-state index in [2.05, 4.69) is 9.88 Å². The average Bonchev–Trinajstić information content (AvgIpc) is 2.61. The molecule has 1 saturated heterocycles. The van der Waals surface area contributed by atoms with Gasteiger partial charge in [0.15, 0.2) is 0 Å². The molecule has 0 bridgehead atoms. The summed E-state index contributed by atoms with van der Waals surface area (Å²) in [4.78, 5) is 31.1. The van der Waals surface area contributed by atoms with Crippen molar-refractivity contribution in [2.45, 2.75) is 12.1 Å². The number of benzene rings is 1. The maximum Gasteiger partial charge on any atom is 0.271 e. The van der Waals surface area contributed by atoms with Crippen LogP contribution < -0.4 is 5.56 Å². The molecule has 3 rings (SSSR count). The van der Waals surface area contributed by atoms with Gasteiger partial charge in [-0.1, -0.05) is 36.4 Å². The van der Waals surface area contributed by atoms with Gasteiger partial charge in [-0.2, -0.15) is 0 Å². The topological polar surface area (TPSA) is 65.6 Å². The molecule has 132 valence electrons. The van der Waals surface area contributed by atoms with E-state index in [1.54, 1.807) is 17.0 Å². The Balaban J connectivity index is 1.97. The van der Waals surface area contributed by atoms with Crippen LogP contribution in [-0.2, 0) is 4.74 Å². The summed E-state index contributed by atoms with van der Waals surface area (Å²) in [5.74, 6) is -0.182. The molecular formula is C19H23N3O3. The van der Waals surface area contributed by atoms with Crippen molar-refractivity contribution in [3.05, 3.63) is 70.1 Å². The highest BCUT2D eigenvalue weighted by molar-refractivity contribution is 5.92. The van der Waals surface area contributed by atoms with E-state index in [0.717, 1.165) is 5.56 Å². The standard InChI is InChI=1S/C19H23N3O3/c1-21(2)13-16-18(14-7-4-3-5-8-14)22(11-12-25-16)19(24)15-9-6-10-17(23)20-15/h3-10,16,18H,11-13H2,1-2H3,(H,20,23)/t16-,18-/m0/s1. The molecule has 6 nitrogen and oxygen atoms in total. The number of hydrogen-bond acceptors (Lipinski definition) is 4. The number of H-pyrrole nitrogens is 1. The molecule has 1 fully saturated rings. The molecule has 1 aliphatic rings. The summed E-state index contributed by atoms with van der Waals surface area (Å²) in [6, 6.07) is 14.3. The average molecular weight is 341 g/mol. The molecule has 2 atom stereocenters. The summed E-state index contributed by atoms with van der Waals surface area (Å²) in [5.41, 5.74) is 1.06. The molecular weight excluding hydrogens is 318 g/mol. The van der Waals surface area contributed by atoms with Gasteiger partial charge in [-0.15, -0.1) is 0 Å². The van der Waals surface area contributed by atoms with Crippen LogP contribution in [0.15, 0.2) is 53.3 Å². The molecule has 1 N–H and O–H groups in total. The third-order valence-corrected chi connectivity index (χ3v) is 4.30. The Labute approximate surface area is 147 Å². The maximum atomic E-state index is 13.1. The van der Waals surface area contributed by atoms with Crippen molar-refractivity contribution in [3.8, 4) is 0 Å². The van der Waals surface area contributed by atoms with Gasteiger partial charge in [0.25, 0.3) is 5.91 Å². The van der Waals surface area contributed by atoms with E-state index >= 15 is 0 Å². The van der Waals surface area contributed by atoms with Crippen molar-refractivity contribution in [2.24, 2.45) is 0 Å². The summed E-state index contributed by atoms with van der Waals surface area (Å²) in [5, 5.41) is 0. The zero-order valence-corrected chi connectivity index (χ0v) is 14.5. The first-order chi connectivity index (χ1) is 12.1. The van der Waals surface area contributed by atoms with Crippen molar-refractivity contribution >= 4 is 5.91 Å².